The van der Waals surface area contributed by atoms with Crippen LogP contribution in [0.15, 0.2) is 84.9 Å². The summed E-state index contributed by atoms with van der Waals surface area (Å²) >= 11 is 0. The molecule has 2 aromatic heterocycles. The number of aryl methyl sites for hydroxylation is 2. The lowest BCUT2D eigenvalue weighted by atomic mass is 10.1. The molecule has 4 nitrogen and oxygen atoms in total. The van der Waals surface area contributed by atoms with Crippen LogP contribution in [-0.2, 0) is 0 Å². The highest BCUT2D eigenvalue weighted by atomic mass is 16.5. The zero-order valence-corrected chi connectivity index (χ0v) is 19.9. The fourth-order valence-electron chi connectivity index (χ4n) is 5.12. The van der Waals surface area contributed by atoms with Crippen molar-refractivity contribution in [2.45, 2.75) is 13.8 Å². The Morgan fingerprint density at radius 1 is 0.571 bits per heavy atom. The number of fused-ring (bicyclic) bond motifs is 4. The zero-order chi connectivity index (χ0) is 23.7. The van der Waals surface area contributed by atoms with Crippen LogP contribution in [0.25, 0.3) is 44.3 Å². The Morgan fingerprint density at radius 2 is 1.06 bits per heavy atom. The van der Waals surface area contributed by atoms with Gasteiger partial charge in [0.05, 0.1) is 11.4 Å². The molecule has 2 N–H and O–H groups in total. The van der Waals surface area contributed by atoms with Gasteiger partial charge in [-0.25, -0.2) is 0 Å². The Bertz CT molecular complexity index is 1640. The van der Waals surface area contributed by atoms with E-state index in [1.165, 1.54) is 21.9 Å². The maximum atomic E-state index is 6.49. The minimum Gasteiger partial charge on any atom is -0.453 e. The van der Waals surface area contributed by atoms with Crippen molar-refractivity contribution in [3.63, 3.8) is 0 Å². The maximum Gasteiger partial charge on any atom is 0.151 e. The third kappa shape index (κ3) is 3.22. The van der Waals surface area contributed by atoms with Crippen molar-refractivity contribution >= 4 is 33.2 Å². The molecule has 1 aliphatic heterocycles. The highest BCUT2D eigenvalue weighted by Crippen LogP contribution is 2.48. The average molecular weight is 456 g/mol. The summed E-state index contributed by atoms with van der Waals surface area (Å²) < 4.78 is 6.49. The van der Waals surface area contributed by atoms with Crippen LogP contribution >= 0.6 is 0 Å². The fourth-order valence-corrected chi connectivity index (χ4v) is 5.12. The van der Waals surface area contributed by atoms with Gasteiger partial charge in [-0.15, -0.1) is 0 Å². The highest BCUT2D eigenvalue weighted by Gasteiger charge is 2.23. The molecule has 0 atom stereocenters. The molecule has 7 rings (SSSR count). The molecule has 0 amide bonds. The van der Waals surface area contributed by atoms with Gasteiger partial charge in [-0.05, 0) is 73.5 Å². The minimum atomic E-state index is 0.858. The first-order chi connectivity index (χ1) is 17.0. The number of anilines is 2. The van der Waals surface area contributed by atoms with E-state index in [1.807, 2.05) is 0 Å². The first-order valence-corrected chi connectivity index (χ1v) is 11.9. The summed E-state index contributed by atoms with van der Waals surface area (Å²) in [5, 5.41) is 2.43. The number of rotatable bonds is 2. The Hall–Kier alpha value is -4.44. The van der Waals surface area contributed by atoms with Gasteiger partial charge in [0.2, 0.25) is 0 Å². The van der Waals surface area contributed by atoms with Crippen molar-refractivity contribution in [2.24, 2.45) is 0 Å². The Balaban J connectivity index is 1.27. The van der Waals surface area contributed by atoms with Gasteiger partial charge in [-0.3, -0.25) is 0 Å². The minimum absolute atomic E-state index is 0.858. The number of H-pyrrole nitrogens is 2. The molecular weight excluding hydrogens is 430 g/mol. The molecule has 0 radical (unpaired) electrons. The molecule has 0 aliphatic carbocycles. The van der Waals surface area contributed by atoms with Crippen LogP contribution in [0.1, 0.15) is 11.1 Å². The van der Waals surface area contributed by atoms with Gasteiger partial charge >= 0.3 is 0 Å². The molecule has 0 saturated carbocycles. The molecule has 6 aromatic rings. The summed E-state index contributed by atoms with van der Waals surface area (Å²) in [5.41, 5.74) is 11.3. The number of ether oxygens (including phenoxy) is 1. The van der Waals surface area contributed by atoms with Crippen molar-refractivity contribution in [1.29, 1.82) is 0 Å². The van der Waals surface area contributed by atoms with Gasteiger partial charge in [-0.1, -0.05) is 36.4 Å². The molecule has 1 aliphatic rings. The van der Waals surface area contributed by atoms with Crippen LogP contribution < -0.4 is 9.64 Å². The second-order valence-electron chi connectivity index (χ2n) is 9.57. The summed E-state index contributed by atoms with van der Waals surface area (Å²) in [6.45, 7) is 4.23. The van der Waals surface area contributed by atoms with Crippen LogP contribution in [0.5, 0.6) is 11.5 Å². The summed E-state index contributed by atoms with van der Waals surface area (Å²) in [4.78, 5) is 9.33. The Morgan fingerprint density at radius 3 is 1.54 bits per heavy atom. The number of nitrogens with one attached hydrogen (secondary N) is 2. The third-order valence-electron chi connectivity index (χ3n) is 7.04. The summed E-state index contributed by atoms with van der Waals surface area (Å²) in [5.74, 6) is 1.72. The van der Waals surface area contributed by atoms with E-state index < -0.39 is 0 Å². The largest absolute Gasteiger partial charge is 0.453 e. The molecule has 0 fully saturated rings. The quantitative estimate of drug-likeness (QED) is 0.275. The number of aromatic nitrogens is 2. The standard InChI is InChI=1S/C31H25N3O/c1-18-4-6-20-14-26(32-24(20)12-18)22-8-10-28-30(16-22)35-31-17-23(9-11-29(31)34(28)3)27-15-21-7-5-19(2)13-25(21)33-27/h4-17,32-33H,1-3H3. The van der Waals surface area contributed by atoms with E-state index in [2.05, 4.69) is 121 Å². The summed E-state index contributed by atoms with van der Waals surface area (Å²) in [6.07, 6.45) is 0. The third-order valence-corrected chi connectivity index (χ3v) is 7.04. The molecule has 3 heterocycles. The van der Waals surface area contributed by atoms with Gasteiger partial charge < -0.3 is 19.6 Å². The van der Waals surface area contributed by atoms with Crippen LogP contribution in [-0.4, -0.2) is 17.0 Å². The summed E-state index contributed by atoms with van der Waals surface area (Å²) in [6, 6.07) is 30.2. The first kappa shape index (κ1) is 20.0. The van der Waals surface area contributed by atoms with Crippen molar-refractivity contribution in [1.82, 2.24) is 9.97 Å². The number of hydrogen-bond acceptors (Lipinski definition) is 2. The van der Waals surface area contributed by atoms with E-state index in [9.17, 15) is 0 Å². The van der Waals surface area contributed by atoms with Crippen LogP contribution in [0, 0.1) is 13.8 Å². The molecule has 35 heavy (non-hydrogen) atoms. The predicted molar refractivity (Wildman–Crippen MR) is 145 cm³/mol. The van der Waals surface area contributed by atoms with E-state index in [-0.39, 0.29) is 0 Å². The number of aromatic amines is 2. The van der Waals surface area contributed by atoms with E-state index in [4.69, 9.17) is 4.74 Å². The Labute approximate surface area is 203 Å². The van der Waals surface area contributed by atoms with Gasteiger partial charge in [-0.2, -0.15) is 0 Å². The molecule has 0 bridgehead atoms. The highest BCUT2D eigenvalue weighted by molar-refractivity contribution is 5.89. The van der Waals surface area contributed by atoms with Gasteiger partial charge in [0, 0.05) is 51.4 Å². The second-order valence-corrected chi connectivity index (χ2v) is 9.57. The van der Waals surface area contributed by atoms with Crippen molar-refractivity contribution < 1.29 is 4.74 Å². The topological polar surface area (TPSA) is 44.0 Å². The molecule has 4 aromatic carbocycles. The molecule has 0 spiro atoms. The number of nitrogens with zero attached hydrogens (tertiary/aromatic N) is 1. The number of hydrogen-bond donors (Lipinski definition) is 2. The number of benzene rings is 4. The van der Waals surface area contributed by atoms with E-state index in [1.54, 1.807) is 0 Å². The molecule has 4 heteroatoms. The van der Waals surface area contributed by atoms with Crippen LogP contribution in [0.2, 0.25) is 0 Å². The van der Waals surface area contributed by atoms with E-state index in [0.717, 1.165) is 56.4 Å². The van der Waals surface area contributed by atoms with Crippen LogP contribution in [0.3, 0.4) is 0 Å². The molecule has 170 valence electrons. The lowest BCUT2D eigenvalue weighted by Crippen LogP contribution is -2.15. The fraction of sp³-hybridized carbons (Fsp3) is 0.0968. The molecule has 0 saturated heterocycles. The molecular formula is C31H25N3O. The van der Waals surface area contributed by atoms with Gasteiger partial charge in [0.25, 0.3) is 0 Å². The molecule has 0 unspecified atom stereocenters. The van der Waals surface area contributed by atoms with Crippen molar-refractivity contribution in [3.8, 4) is 34.0 Å². The van der Waals surface area contributed by atoms with Crippen molar-refractivity contribution in [2.75, 3.05) is 11.9 Å². The van der Waals surface area contributed by atoms with E-state index >= 15 is 0 Å². The SMILES string of the molecule is Cc1ccc2cc(-c3ccc4c(c3)Oc3cc(-c5cc6ccc(C)cc6[nH]5)ccc3N4C)[nH]c2c1. The normalized spacial score (nSPS) is 12.6. The van der Waals surface area contributed by atoms with Crippen molar-refractivity contribution in [3.05, 3.63) is 96.1 Å². The lowest BCUT2D eigenvalue weighted by molar-refractivity contribution is 0.476. The monoisotopic (exact) mass is 455 g/mol. The lowest BCUT2D eigenvalue weighted by Gasteiger charge is -2.30. The first-order valence-electron chi connectivity index (χ1n) is 11.9. The smallest absolute Gasteiger partial charge is 0.151 e. The zero-order valence-electron chi connectivity index (χ0n) is 19.9. The van der Waals surface area contributed by atoms with E-state index in [0.29, 0.717) is 0 Å². The Kier molecular flexibility index (Phi) is 4.15. The van der Waals surface area contributed by atoms with Gasteiger partial charge in [0.1, 0.15) is 0 Å². The average Bonchev–Trinajstić information content (AvgIpc) is 3.47. The summed E-state index contributed by atoms with van der Waals surface area (Å²) in [7, 11) is 2.09. The maximum absolute atomic E-state index is 6.49. The predicted octanol–water partition coefficient (Wildman–Crippen LogP) is 8.47. The van der Waals surface area contributed by atoms with Crippen LogP contribution in [0.4, 0.5) is 11.4 Å². The van der Waals surface area contributed by atoms with Gasteiger partial charge in [0.15, 0.2) is 11.5 Å². The second kappa shape index (κ2) is 7.28.